The molecule has 7 heteroatoms. The third-order valence-corrected chi connectivity index (χ3v) is 4.30. The van der Waals surface area contributed by atoms with Gasteiger partial charge >= 0.3 is 0 Å². The molecule has 0 saturated heterocycles. The molecule has 2 aromatic heterocycles. The summed E-state index contributed by atoms with van der Waals surface area (Å²) in [6, 6.07) is 7.07. The minimum Gasteiger partial charge on any atom is -0.550 e. The van der Waals surface area contributed by atoms with E-state index in [0.29, 0.717) is 12.2 Å². The van der Waals surface area contributed by atoms with Crippen molar-refractivity contribution in [1.29, 1.82) is 0 Å². The van der Waals surface area contributed by atoms with E-state index < -0.39 is 5.97 Å². The number of amides is 1. The van der Waals surface area contributed by atoms with E-state index in [-0.39, 0.29) is 24.8 Å². The van der Waals surface area contributed by atoms with Gasteiger partial charge in [0.1, 0.15) is 11.8 Å². The van der Waals surface area contributed by atoms with Crippen LogP contribution in [-0.4, -0.2) is 22.6 Å². The van der Waals surface area contributed by atoms with Crippen LogP contribution in [0.1, 0.15) is 35.9 Å². The van der Waals surface area contributed by atoms with Crippen molar-refractivity contribution in [2.75, 3.05) is 0 Å². The maximum absolute atomic E-state index is 12.3. The summed E-state index contributed by atoms with van der Waals surface area (Å²) in [5, 5.41) is 18.2. The Balaban J connectivity index is 1.84. The van der Waals surface area contributed by atoms with Crippen LogP contribution >= 0.6 is 11.3 Å². The fourth-order valence-corrected chi connectivity index (χ4v) is 3.08. The van der Waals surface area contributed by atoms with Gasteiger partial charge in [0.2, 0.25) is 5.91 Å². The van der Waals surface area contributed by atoms with Gasteiger partial charge in [-0.25, -0.2) is 5.01 Å². The average Bonchev–Trinajstić information content (AvgIpc) is 3.23. The molecule has 1 aliphatic heterocycles. The summed E-state index contributed by atoms with van der Waals surface area (Å²) in [7, 11) is 0. The molecule has 0 aliphatic carbocycles. The van der Waals surface area contributed by atoms with Gasteiger partial charge in [0, 0.05) is 18.8 Å². The van der Waals surface area contributed by atoms with E-state index in [1.807, 2.05) is 17.5 Å². The number of aliphatic carboxylic acids is 1. The van der Waals surface area contributed by atoms with Gasteiger partial charge in [-0.05, 0) is 30.0 Å². The number of carbonyl (C=O) groups excluding carboxylic acids is 2. The average molecular weight is 317 g/mol. The third-order valence-electron chi connectivity index (χ3n) is 3.39. The van der Waals surface area contributed by atoms with Crippen LogP contribution in [0.3, 0.4) is 0 Å². The Morgan fingerprint density at radius 3 is 2.86 bits per heavy atom. The number of furan rings is 1. The molecular formula is C15H13N2O4S-. The lowest BCUT2D eigenvalue weighted by molar-refractivity contribution is -0.305. The highest BCUT2D eigenvalue weighted by Crippen LogP contribution is 2.34. The first kappa shape index (κ1) is 14.5. The Bertz CT molecular complexity index is 691. The van der Waals surface area contributed by atoms with Crippen molar-refractivity contribution in [3.63, 3.8) is 0 Å². The molecule has 22 heavy (non-hydrogen) atoms. The van der Waals surface area contributed by atoms with E-state index in [4.69, 9.17) is 4.42 Å². The van der Waals surface area contributed by atoms with E-state index in [2.05, 4.69) is 5.10 Å². The van der Waals surface area contributed by atoms with Gasteiger partial charge in [-0.2, -0.15) is 5.10 Å². The third kappa shape index (κ3) is 2.94. The zero-order chi connectivity index (χ0) is 15.5. The van der Waals surface area contributed by atoms with E-state index >= 15 is 0 Å². The van der Waals surface area contributed by atoms with E-state index in [9.17, 15) is 14.7 Å². The van der Waals surface area contributed by atoms with Gasteiger partial charge in [0.05, 0.1) is 16.9 Å². The van der Waals surface area contributed by atoms with Crippen molar-refractivity contribution in [2.45, 2.75) is 25.3 Å². The number of carboxylic acids is 1. The van der Waals surface area contributed by atoms with Gasteiger partial charge in [0.25, 0.3) is 0 Å². The highest BCUT2D eigenvalue weighted by atomic mass is 32.1. The van der Waals surface area contributed by atoms with Crippen molar-refractivity contribution in [1.82, 2.24) is 5.01 Å². The van der Waals surface area contributed by atoms with Gasteiger partial charge in [-0.1, -0.05) is 6.07 Å². The van der Waals surface area contributed by atoms with Crippen LogP contribution in [0.2, 0.25) is 0 Å². The highest BCUT2D eigenvalue weighted by molar-refractivity contribution is 7.12. The monoisotopic (exact) mass is 317 g/mol. The predicted octanol–water partition coefficient (Wildman–Crippen LogP) is 1.55. The molecular weight excluding hydrogens is 304 g/mol. The summed E-state index contributed by atoms with van der Waals surface area (Å²) in [4.78, 5) is 23.8. The summed E-state index contributed by atoms with van der Waals surface area (Å²) >= 11 is 1.55. The van der Waals surface area contributed by atoms with Crippen LogP contribution in [0, 0.1) is 0 Å². The van der Waals surface area contributed by atoms with Crippen LogP contribution < -0.4 is 5.11 Å². The molecule has 0 unspecified atom stereocenters. The van der Waals surface area contributed by atoms with Gasteiger partial charge in [-0.3, -0.25) is 4.79 Å². The van der Waals surface area contributed by atoms with Crippen molar-refractivity contribution in [3.05, 3.63) is 46.5 Å². The number of hydrogen-bond acceptors (Lipinski definition) is 6. The van der Waals surface area contributed by atoms with Crippen molar-refractivity contribution in [2.24, 2.45) is 5.10 Å². The summed E-state index contributed by atoms with van der Waals surface area (Å²) in [5.74, 6) is -0.959. The normalized spacial score (nSPS) is 17.5. The number of hydrogen-bond donors (Lipinski definition) is 0. The second kappa shape index (κ2) is 6.15. The first-order valence-corrected chi connectivity index (χ1v) is 7.70. The van der Waals surface area contributed by atoms with Crippen molar-refractivity contribution >= 4 is 28.9 Å². The summed E-state index contributed by atoms with van der Waals surface area (Å²) in [6.45, 7) is 0. The largest absolute Gasteiger partial charge is 0.550 e. The van der Waals surface area contributed by atoms with Crippen LogP contribution in [0.4, 0.5) is 0 Å². The molecule has 0 spiro atoms. The minimum absolute atomic E-state index is 0.138. The minimum atomic E-state index is -1.25. The number of hydrazone groups is 1. The molecule has 3 rings (SSSR count). The second-order valence-electron chi connectivity index (χ2n) is 4.87. The first-order valence-electron chi connectivity index (χ1n) is 6.82. The zero-order valence-electron chi connectivity index (χ0n) is 11.6. The lowest BCUT2D eigenvalue weighted by atomic mass is 10.1. The number of carboxylic acid groups (broad SMARTS) is 1. The molecule has 3 heterocycles. The lowest BCUT2D eigenvalue weighted by Crippen LogP contribution is -2.29. The fraction of sp³-hybridized carbons (Fsp3) is 0.267. The van der Waals surface area contributed by atoms with Crippen LogP contribution in [-0.2, 0) is 9.59 Å². The quantitative estimate of drug-likeness (QED) is 0.837. The zero-order valence-corrected chi connectivity index (χ0v) is 12.4. The summed E-state index contributed by atoms with van der Waals surface area (Å²) < 4.78 is 5.40. The SMILES string of the molecule is O=C([O-])CCC(=O)N1N=C(c2cccs2)C[C@@H]1c1ccco1. The van der Waals surface area contributed by atoms with Gasteiger partial charge < -0.3 is 14.3 Å². The Morgan fingerprint density at radius 2 is 2.23 bits per heavy atom. The van der Waals surface area contributed by atoms with E-state index in [1.54, 1.807) is 29.7 Å². The maximum atomic E-state index is 12.3. The molecule has 0 N–H and O–H groups in total. The topological polar surface area (TPSA) is 85.9 Å². The maximum Gasteiger partial charge on any atom is 0.243 e. The molecule has 114 valence electrons. The van der Waals surface area contributed by atoms with Gasteiger partial charge in [0.15, 0.2) is 0 Å². The highest BCUT2D eigenvalue weighted by Gasteiger charge is 2.34. The number of carbonyl (C=O) groups is 2. The Labute approximate surface area is 130 Å². The first-order chi connectivity index (χ1) is 10.6. The second-order valence-corrected chi connectivity index (χ2v) is 5.82. The molecule has 0 bridgehead atoms. The Kier molecular flexibility index (Phi) is 4.06. The molecule has 0 aromatic carbocycles. The number of thiophene rings is 1. The molecule has 0 saturated carbocycles. The van der Waals surface area contributed by atoms with Crippen LogP contribution in [0.5, 0.6) is 0 Å². The standard InChI is InChI=1S/C15H14N2O4S/c18-14(5-6-15(19)20)17-11(12-3-1-7-21-12)9-10(16-17)13-4-2-8-22-13/h1-4,7-8,11H,5-6,9H2,(H,19,20)/p-1/t11-/m1/s1. The van der Waals surface area contributed by atoms with Crippen LogP contribution in [0.15, 0.2) is 45.4 Å². The predicted molar refractivity (Wildman–Crippen MR) is 78.0 cm³/mol. The Hall–Kier alpha value is -2.41. The van der Waals surface area contributed by atoms with E-state index in [1.165, 1.54) is 5.01 Å². The summed E-state index contributed by atoms with van der Waals surface area (Å²) in [5.41, 5.74) is 0.804. The lowest BCUT2D eigenvalue weighted by Gasteiger charge is -2.19. The molecule has 1 amide bonds. The smallest absolute Gasteiger partial charge is 0.243 e. The molecule has 0 fully saturated rings. The fourth-order valence-electron chi connectivity index (χ4n) is 2.36. The molecule has 1 aliphatic rings. The van der Waals surface area contributed by atoms with Gasteiger partial charge in [-0.15, -0.1) is 11.3 Å². The molecule has 2 aromatic rings. The molecule has 6 nitrogen and oxygen atoms in total. The molecule has 1 atom stereocenters. The van der Waals surface area contributed by atoms with Crippen molar-refractivity contribution in [3.8, 4) is 0 Å². The van der Waals surface area contributed by atoms with Crippen LogP contribution in [0.25, 0.3) is 0 Å². The molecule has 0 radical (unpaired) electrons. The van der Waals surface area contributed by atoms with Crippen molar-refractivity contribution < 1.29 is 19.1 Å². The Morgan fingerprint density at radius 1 is 1.36 bits per heavy atom. The number of nitrogens with zero attached hydrogens (tertiary/aromatic N) is 2. The van der Waals surface area contributed by atoms with E-state index in [0.717, 1.165) is 10.6 Å². The summed E-state index contributed by atoms with van der Waals surface area (Å²) in [6.07, 6.45) is 1.64. The number of rotatable bonds is 5.